The molecule has 1 saturated heterocycles. The van der Waals surface area contributed by atoms with Crippen molar-refractivity contribution in [3.05, 3.63) is 11.7 Å². The van der Waals surface area contributed by atoms with E-state index in [4.69, 9.17) is 4.52 Å². The van der Waals surface area contributed by atoms with Gasteiger partial charge in [0.2, 0.25) is 5.89 Å². The van der Waals surface area contributed by atoms with Crippen LogP contribution in [0.5, 0.6) is 0 Å². The number of likely N-dealkylation sites (tertiary alicyclic amines) is 1. The summed E-state index contributed by atoms with van der Waals surface area (Å²) in [5.74, 6) is 1.59. The molecule has 2 heterocycles. The van der Waals surface area contributed by atoms with Crippen molar-refractivity contribution >= 4 is 0 Å². The Morgan fingerprint density at radius 2 is 2.41 bits per heavy atom. The van der Waals surface area contributed by atoms with Crippen LogP contribution in [0.4, 0.5) is 0 Å². The van der Waals surface area contributed by atoms with Crippen LogP contribution in [0, 0.1) is 0 Å². The Hall–Kier alpha value is -0.940. The monoisotopic (exact) mass is 238 g/mol. The van der Waals surface area contributed by atoms with Gasteiger partial charge in [0.1, 0.15) is 0 Å². The van der Waals surface area contributed by atoms with E-state index in [0.717, 1.165) is 44.2 Å². The quantitative estimate of drug-likeness (QED) is 0.835. The van der Waals surface area contributed by atoms with Crippen LogP contribution in [0.3, 0.4) is 0 Å². The van der Waals surface area contributed by atoms with Crippen molar-refractivity contribution < 1.29 is 4.52 Å². The molecule has 1 aromatic rings. The highest BCUT2D eigenvalue weighted by Gasteiger charge is 2.19. The van der Waals surface area contributed by atoms with E-state index < -0.39 is 0 Å². The maximum absolute atomic E-state index is 5.20. The molecule has 5 heteroatoms. The molecular weight excluding hydrogens is 216 g/mol. The van der Waals surface area contributed by atoms with Crippen LogP contribution in [-0.2, 0) is 13.0 Å². The van der Waals surface area contributed by atoms with Gasteiger partial charge >= 0.3 is 0 Å². The first-order valence-electron chi connectivity index (χ1n) is 6.53. The summed E-state index contributed by atoms with van der Waals surface area (Å²) < 4.78 is 5.20. The van der Waals surface area contributed by atoms with Crippen LogP contribution < -0.4 is 5.32 Å². The first-order valence-corrected chi connectivity index (χ1v) is 6.53. The number of nitrogens with zero attached hydrogens (tertiary/aromatic N) is 3. The molecule has 0 spiro atoms. The van der Waals surface area contributed by atoms with Crippen molar-refractivity contribution in [1.29, 1.82) is 0 Å². The van der Waals surface area contributed by atoms with Crippen molar-refractivity contribution in [3.63, 3.8) is 0 Å². The van der Waals surface area contributed by atoms with Gasteiger partial charge in [0.05, 0.1) is 6.54 Å². The number of aromatic nitrogens is 2. The van der Waals surface area contributed by atoms with E-state index in [1.165, 1.54) is 12.8 Å². The van der Waals surface area contributed by atoms with Crippen LogP contribution in [0.25, 0.3) is 0 Å². The number of rotatable bonds is 5. The van der Waals surface area contributed by atoms with Crippen LogP contribution >= 0.6 is 0 Å². The first-order chi connectivity index (χ1) is 8.31. The van der Waals surface area contributed by atoms with E-state index in [1.54, 1.807) is 0 Å². The summed E-state index contributed by atoms with van der Waals surface area (Å²) in [6, 6.07) is 0.603. The number of hydrogen-bond donors (Lipinski definition) is 1. The molecule has 5 nitrogen and oxygen atoms in total. The minimum atomic E-state index is 0.603. The predicted molar refractivity (Wildman–Crippen MR) is 65.7 cm³/mol. The van der Waals surface area contributed by atoms with E-state index in [9.17, 15) is 0 Å². The molecule has 0 amide bonds. The molecule has 0 aliphatic carbocycles. The molecule has 1 aromatic heterocycles. The third kappa shape index (κ3) is 3.51. The van der Waals surface area contributed by atoms with E-state index in [-0.39, 0.29) is 0 Å². The summed E-state index contributed by atoms with van der Waals surface area (Å²) in [6.45, 7) is 5.14. The number of hydrogen-bond acceptors (Lipinski definition) is 5. The van der Waals surface area contributed by atoms with Crippen molar-refractivity contribution in [1.82, 2.24) is 20.4 Å². The maximum atomic E-state index is 5.20. The topological polar surface area (TPSA) is 54.2 Å². The molecular formula is C12H22N4O. The molecule has 96 valence electrons. The Morgan fingerprint density at radius 1 is 1.53 bits per heavy atom. The lowest BCUT2D eigenvalue weighted by molar-refractivity contribution is 0.182. The highest BCUT2D eigenvalue weighted by Crippen LogP contribution is 2.12. The molecule has 1 aliphatic heterocycles. The largest absolute Gasteiger partial charge is 0.339 e. The molecule has 17 heavy (non-hydrogen) atoms. The lowest BCUT2D eigenvalue weighted by Gasteiger charge is -2.31. The number of aryl methyl sites for hydroxylation is 1. The van der Waals surface area contributed by atoms with Gasteiger partial charge in [-0.25, -0.2) is 0 Å². The lowest BCUT2D eigenvalue weighted by Crippen LogP contribution is -2.44. The van der Waals surface area contributed by atoms with E-state index in [2.05, 4.69) is 27.3 Å². The standard InChI is InChI=1S/C12H22N4O/c1-3-5-12-14-11(15-17-12)9-16-7-4-6-10(8-16)13-2/h10,13H,3-9H2,1-2H3. The highest BCUT2D eigenvalue weighted by atomic mass is 16.5. The maximum Gasteiger partial charge on any atom is 0.226 e. The van der Waals surface area contributed by atoms with Gasteiger partial charge in [-0.2, -0.15) is 4.98 Å². The zero-order valence-electron chi connectivity index (χ0n) is 10.8. The third-order valence-corrected chi connectivity index (χ3v) is 3.25. The first kappa shape index (κ1) is 12.5. The molecule has 0 saturated carbocycles. The van der Waals surface area contributed by atoms with E-state index >= 15 is 0 Å². The van der Waals surface area contributed by atoms with E-state index in [0.29, 0.717) is 6.04 Å². The lowest BCUT2D eigenvalue weighted by atomic mass is 10.1. The second-order valence-corrected chi connectivity index (χ2v) is 4.72. The smallest absolute Gasteiger partial charge is 0.226 e. The van der Waals surface area contributed by atoms with Crippen molar-refractivity contribution in [3.8, 4) is 0 Å². The summed E-state index contributed by atoms with van der Waals surface area (Å²) in [5.41, 5.74) is 0. The molecule has 1 atom stereocenters. The number of nitrogens with one attached hydrogen (secondary N) is 1. The Morgan fingerprint density at radius 3 is 3.18 bits per heavy atom. The van der Waals surface area contributed by atoms with Crippen molar-refractivity contribution in [2.75, 3.05) is 20.1 Å². The van der Waals surface area contributed by atoms with Crippen molar-refractivity contribution in [2.24, 2.45) is 0 Å². The van der Waals surface area contributed by atoms with Gasteiger partial charge < -0.3 is 9.84 Å². The second kappa shape index (κ2) is 6.12. The minimum Gasteiger partial charge on any atom is -0.339 e. The molecule has 0 aromatic carbocycles. The molecule has 2 rings (SSSR count). The molecule has 0 radical (unpaired) electrons. The Bertz CT molecular complexity index is 339. The molecule has 1 fully saturated rings. The minimum absolute atomic E-state index is 0.603. The molecule has 1 aliphatic rings. The van der Waals surface area contributed by atoms with Gasteiger partial charge in [0, 0.05) is 19.0 Å². The average Bonchev–Trinajstić information content (AvgIpc) is 2.77. The average molecular weight is 238 g/mol. The van der Waals surface area contributed by atoms with E-state index in [1.807, 2.05) is 7.05 Å². The number of piperidine rings is 1. The van der Waals surface area contributed by atoms with Gasteiger partial charge in [0.25, 0.3) is 0 Å². The molecule has 1 unspecified atom stereocenters. The van der Waals surface area contributed by atoms with Crippen LogP contribution in [0.2, 0.25) is 0 Å². The number of likely N-dealkylation sites (N-methyl/N-ethyl adjacent to an activating group) is 1. The van der Waals surface area contributed by atoms with Crippen LogP contribution in [0.1, 0.15) is 37.9 Å². The Kier molecular flexibility index (Phi) is 4.50. The fraction of sp³-hybridized carbons (Fsp3) is 0.833. The molecule has 0 bridgehead atoms. The third-order valence-electron chi connectivity index (χ3n) is 3.25. The summed E-state index contributed by atoms with van der Waals surface area (Å²) in [4.78, 5) is 6.80. The predicted octanol–water partition coefficient (Wildman–Crippen LogP) is 1.21. The van der Waals surface area contributed by atoms with Gasteiger partial charge in [0.15, 0.2) is 5.82 Å². The normalized spacial score (nSPS) is 21.9. The summed E-state index contributed by atoms with van der Waals surface area (Å²) >= 11 is 0. The van der Waals surface area contributed by atoms with Gasteiger partial charge in [-0.05, 0) is 32.9 Å². The zero-order chi connectivity index (χ0) is 12.1. The van der Waals surface area contributed by atoms with Gasteiger partial charge in [-0.1, -0.05) is 12.1 Å². The summed E-state index contributed by atoms with van der Waals surface area (Å²) in [7, 11) is 2.03. The van der Waals surface area contributed by atoms with Crippen LogP contribution in [-0.4, -0.2) is 41.2 Å². The van der Waals surface area contributed by atoms with Crippen LogP contribution in [0.15, 0.2) is 4.52 Å². The zero-order valence-corrected chi connectivity index (χ0v) is 10.8. The fourth-order valence-corrected chi connectivity index (χ4v) is 2.30. The molecule has 1 N–H and O–H groups in total. The SMILES string of the molecule is CCCc1nc(CN2CCCC(NC)C2)no1. The van der Waals surface area contributed by atoms with Gasteiger partial charge in [-0.15, -0.1) is 0 Å². The van der Waals surface area contributed by atoms with Gasteiger partial charge in [-0.3, -0.25) is 4.90 Å². The summed E-state index contributed by atoms with van der Waals surface area (Å²) in [5, 5.41) is 7.37. The summed E-state index contributed by atoms with van der Waals surface area (Å²) in [6.07, 6.45) is 4.44. The highest BCUT2D eigenvalue weighted by molar-refractivity contribution is 4.88. The Labute approximate surface area is 103 Å². The second-order valence-electron chi connectivity index (χ2n) is 4.72. The fourth-order valence-electron chi connectivity index (χ4n) is 2.30. The van der Waals surface area contributed by atoms with Crippen molar-refractivity contribution in [2.45, 2.75) is 45.2 Å². The Balaban J connectivity index is 1.86.